The van der Waals surface area contributed by atoms with Gasteiger partial charge in [-0.15, -0.1) is 0 Å². The van der Waals surface area contributed by atoms with Crippen LogP contribution in [-0.2, 0) is 14.8 Å². The Balaban J connectivity index is 2.99. The molecule has 0 bridgehead atoms. The molecule has 1 fully saturated rings. The number of nitrogens with zero attached hydrogens (tertiary/aromatic N) is 1. The molecule has 0 saturated carbocycles. The lowest BCUT2D eigenvalue weighted by atomic mass is 9.83. The van der Waals surface area contributed by atoms with Gasteiger partial charge in [0.25, 0.3) is 0 Å². The lowest BCUT2D eigenvalue weighted by Crippen LogP contribution is -2.44. The molecule has 5 nitrogen and oxygen atoms in total. The van der Waals surface area contributed by atoms with Gasteiger partial charge in [0.1, 0.15) is 0 Å². The number of sulfonamides is 1. The summed E-state index contributed by atoms with van der Waals surface area (Å²) in [7, 11) is -3.43. The van der Waals surface area contributed by atoms with Crippen LogP contribution in [0.15, 0.2) is 0 Å². The molecule has 1 heterocycles. The van der Waals surface area contributed by atoms with Crippen LogP contribution in [0, 0.1) is 5.41 Å². The number of hydrogen-bond acceptors (Lipinski definition) is 3. The van der Waals surface area contributed by atoms with E-state index in [9.17, 15) is 18.3 Å². The van der Waals surface area contributed by atoms with Gasteiger partial charge in [0, 0.05) is 13.1 Å². The van der Waals surface area contributed by atoms with Crippen molar-refractivity contribution in [2.24, 2.45) is 5.41 Å². The maximum atomic E-state index is 12.3. The smallest absolute Gasteiger partial charge is 0.311 e. The summed E-state index contributed by atoms with van der Waals surface area (Å²) in [5.41, 5.74) is -0.896. The van der Waals surface area contributed by atoms with E-state index in [0.29, 0.717) is 19.4 Å². The summed E-state index contributed by atoms with van der Waals surface area (Å²) in [5, 5.41) is 9.36. The molecule has 0 aliphatic carbocycles. The van der Waals surface area contributed by atoms with E-state index in [4.69, 9.17) is 0 Å². The molecule has 1 rings (SSSR count). The molecule has 1 aliphatic rings. The fourth-order valence-corrected chi connectivity index (χ4v) is 3.91. The molecule has 106 valence electrons. The molecule has 0 spiro atoms. The Morgan fingerprint density at radius 1 is 1.39 bits per heavy atom. The number of carboxylic acid groups (broad SMARTS) is 1. The molecule has 0 aromatic carbocycles. The van der Waals surface area contributed by atoms with Gasteiger partial charge in [0.15, 0.2) is 0 Å². The molecule has 1 N–H and O–H groups in total. The van der Waals surface area contributed by atoms with Crippen molar-refractivity contribution < 1.29 is 18.3 Å². The average Bonchev–Trinajstić information content (AvgIpc) is 2.62. The highest BCUT2D eigenvalue weighted by Crippen LogP contribution is 2.38. The van der Waals surface area contributed by atoms with Crippen LogP contribution in [0.2, 0.25) is 0 Å². The third kappa shape index (κ3) is 2.54. The lowest BCUT2D eigenvalue weighted by Gasteiger charge is -2.28. The van der Waals surface area contributed by atoms with Gasteiger partial charge in [0.05, 0.1) is 10.2 Å². The van der Waals surface area contributed by atoms with E-state index in [1.807, 2.05) is 6.92 Å². The third-order valence-corrected chi connectivity index (χ3v) is 6.15. The average molecular weight is 277 g/mol. The molecule has 0 aromatic heterocycles. The quantitative estimate of drug-likeness (QED) is 0.848. The SMILES string of the molecule is CCCC1(C(=O)O)CCN(S(=O)(=O)C(C)(C)C)C1. The maximum absolute atomic E-state index is 12.3. The fraction of sp³-hybridized carbons (Fsp3) is 0.917. The minimum Gasteiger partial charge on any atom is -0.481 e. The van der Waals surface area contributed by atoms with E-state index >= 15 is 0 Å². The van der Waals surface area contributed by atoms with Crippen molar-refractivity contribution in [1.29, 1.82) is 0 Å². The standard InChI is InChI=1S/C12H23NO4S/c1-5-6-12(10(14)15)7-8-13(9-12)18(16,17)11(2,3)4/h5-9H2,1-4H3,(H,14,15). The van der Waals surface area contributed by atoms with Gasteiger partial charge in [-0.3, -0.25) is 4.79 Å². The number of aliphatic carboxylic acids is 1. The summed E-state index contributed by atoms with van der Waals surface area (Å²) in [6, 6.07) is 0. The highest BCUT2D eigenvalue weighted by molar-refractivity contribution is 7.90. The second kappa shape index (κ2) is 4.81. The highest BCUT2D eigenvalue weighted by atomic mass is 32.2. The van der Waals surface area contributed by atoms with Gasteiger partial charge >= 0.3 is 5.97 Å². The van der Waals surface area contributed by atoms with Gasteiger partial charge in [-0.25, -0.2) is 12.7 Å². The van der Waals surface area contributed by atoms with Gasteiger partial charge in [-0.05, 0) is 33.6 Å². The first-order valence-electron chi connectivity index (χ1n) is 6.30. The Morgan fingerprint density at radius 3 is 2.33 bits per heavy atom. The molecule has 0 radical (unpaired) electrons. The summed E-state index contributed by atoms with van der Waals surface area (Å²) in [5.74, 6) is -0.879. The van der Waals surface area contributed by atoms with Gasteiger partial charge in [-0.1, -0.05) is 13.3 Å². The second-order valence-electron chi connectivity index (χ2n) is 6.04. The highest BCUT2D eigenvalue weighted by Gasteiger charge is 2.49. The van der Waals surface area contributed by atoms with Crippen molar-refractivity contribution in [2.45, 2.75) is 51.7 Å². The lowest BCUT2D eigenvalue weighted by molar-refractivity contribution is -0.148. The van der Waals surface area contributed by atoms with E-state index in [1.54, 1.807) is 20.8 Å². The van der Waals surface area contributed by atoms with Crippen molar-refractivity contribution in [1.82, 2.24) is 4.31 Å². The van der Waals surface area contributed by atoms with E-state index < -0.39 is 26.2 Å². The maximum Gasteiger partial charge on any atom is 0.311 e. The number of rotatable bonds is 4. The molecule has 1 unspecified atom stereocenters. The number of carbonyl (C=O) groups is 1. The molecule has 0 aromatic rings. The molecular weight excluding hydrogens is 254 g/mol. The Kier molecular flexibility index (Phi) is 4.13. The van der Waals surface area contributed by atoms with E-state index in [-0.39, 0.29) is 6.54 Å². The van der Waals surface area contributed by atoms with Gasteiger partial charge in [-0.2, -0.15) is 0 Å². The van der Waals surface area contributed by atoms with Crippen molar-refractivity contribution >= 4 is 16.0 Å². The molecule has 1 atom stereocenters. The van der Waals surface area contributed by atoms with Crippen molar-refractivity contribution in [3.05, 3.63) is 0 Å². The normalized spacial score (nSPS) is 26.4. The van der Waals surface area contributed by atoms with Crippen LogP contribution in [0.25, 0.3) is 0 Å². The predicted octanol–water partition coefficient (Wildman–Crippen LogP) is 1.69. The van der Waals surface area contributed by atoms with Crippen LogP contribution in [-0.4, -0.2) is 41.6 Å². The van der Waals surface area contributed by atoms with Crippen LogP contribution in [0.4, 0.5) is 0 Å². The molecule has 1 saturated heterocycles. The van der Waals surface area contributed by atoms with Crippen molar-refractivity contribution in [3.8, 4) is 0 Å². The van der Waals surface area contributed by atoms with E-state index in [0.717, 1.165) is 6.42 Å². The zero-order valence-corrected chi connectivity index (χ0v) is 12.4. The fourth-order valence-electron chi connectivity index (χ4n) is 2.39. The molecule has 0 amide bonds. The number of carboxylic acids is 1. The largest absolute Gasteiger partial charge is 0.481 e. The summed E-state index contributed by atoms with van der Waals surface area (Å²) < 4.78 is 25.1. The monoisotopic (exact) mass is 277 g/mol. The molecular formula is C12H23NO4S. The van der Waals surface area contributed by atoms with Crippen molar-refractivity contribution in [2.75, 3.05) is 13.1 Å². The van der Waals surface area contributed by atoms with Crippen LogP contribution in [0.1, 0.15) is 47.0 Å². The topological polar surface area (TPSA) is 74.7 Å². The minimum absolute atomic E-state index is 0.107. The molecule has 6 heteroatoms. The Bertz CT molecular complexity index is 424. The first-order valence-corrected chi connectivity index (χ1v) is 7.74. The summed E-state index contributed by atoms with van der Waals surface area (Å²) in [4.78, 5) is 11.4. The second-order valence-corrected chi connectivity index (χ2v) is 8.73. The molecule has 1 aliphatic heterocycles. The Hall–Kier alpha value is -0.620. The third-order valence-electron chi connectivity index (χ3n) is 3.61. The minimum atomic E-state index is -3.43. The zero-order valence-electron chi connectivity index (χ0n) is 11.6. The van der Waals surface area contributed by atoms with Gasteiger partial charge < -0.3 is 5.11 Å². The Labute approximate surface area is 109 Å². The first-order chi connectivity index (χ1) is 8.07. The zero-order chi connectivity index (χ0) is 14.2. The van der Waals surface area contributed by atoms with Crippen LogP contribution in [0.5, 0.6) is 0 Å². The Morgan fingerprint density at radius 2 is 1.94 bits per heavy atom. The van der Waals surface area contributed by atoms with E-state index in [2.05, 4.69) is 0 Å². The van der Waals surface area contributed by atoms with Crippen LogP contribution in [0.3, 0.4) is 0 Å². The molecule has 18 heavy (non-hydrogen) atoms. The van der Waals surface area contributed by atoms with Crippen molar-refractivity contribution in [3.63, 3.8) is 0 Å². The van der Waals surface area contributed by atoms with Crippen LogP contribution >= 0.6 is 0 Å². The predicted molar refractivity (Wildman–Crippen MR) is 69.8 cm³/mol. The first kappa shape index (κ1) is 15.4. The van der Waals surface area contributed by atoms with Gasteiger partial charge in [0.2, 0.25) is 10.0 Å². The van der Waals surface area contributed by atoms with Crippen LogP contribution < -0.4 is 0 Å². The summed E-state index contributed by atoms with van der Waals surface area (Å²) >= 11 is 0. The summed E-state index contributed by atoms with van der Waals surface area (Å²) in [6.07, 6.45) is 1.68. The summed E-state index contributed by atoms with van der Waals surface area (Å²) in [6.45, 7) is 7.27. The number of hydrogen-bond donors (Lipinski definition) is 1. The van der Waals surface area contributed by atoms with E-state index in [1.165, 1.54) is 4.31 Å².